The van der Waals surface area contributed by atoms with Crippen molar-refractivity contribution in [3.63, 3.8) is 0 Å². The normalized spacial score (nSPS) is 22.0. The predicted molar refractivity (Wildman–Crippen MR) is 95.5 cm³/mol. The van der Waals surface area contributed by atoms with Gasteiger partial charge in [-0.25, -0.2) is 4.79 Å². The summed E-state index contributed by atoms with van der Waals surface area (Å²) in [5.41, 5.74) is 2.22. The summed E-state index contributed by atoms with van der Waals surface area (Å²) < 4.78 is 15.3. The molecule has 2 aliphatic rings. The van der Waals surface area contributed by atoms with Crippen LogP contribution in [0.2, 0.25) is 0 Å². The molecule has 3 rings (SSSR count). The largest absolute Gasteiger partial charge is 0.502 e. The van der Waals surface area contributed by atoms with Crippen LogP contribution in [0.3, 0.4) is 0 Å². The number of carbonyl (C=O) groups is 1. The Morgan fingerprint density at radius 2 is 1.92 bits per heavy atom. The Balaban J connectivity index is 2.02. The van der Waals surface area contributed by atoms with E-state index < -0.39 is 5.97 Å². The Bertz CT molecular complexity index is 785. The molecule has 0 bridgehead atoms. The Labute approximate surface area is 152 Å². The summed E-state index contributed by atoms with van der Waals surface area (Å²) in [6, 6.07) is 7.73. The quantitative estimate of drug-likeness (QED) is 0.467. The van der Waals surface area contributed by atoms with E-state index >= 15 is 0 Å². The number of fused-ring (bicyclic) bond motifs is 1. The predicted octanol–water partition coefficient (Wildman–Crippen LogP) is 0.417. The van der Waals surface area contributed by atoms with E-state index in [9.17, 15) is 4.79 Å². The van der Waals surface area contributed by atoms with Crippen LogP contribution < -0.4 is 9.75 Å². The molecule has 1 N–H and O–H groups in total. The first-order valence-corrected chi connectivity index (χ1v) is 8.17. The van der Waals surface area contributed by atoms with Crippen LogP contribution >= 0.6 is 0 Å². The highest BCUT2D eigenvalue weighted by Crippen LogP contribution is 2.23. The minimum Gasteiger partial charge on any atom is -0.502 e. The van der Waals surface area contributed by atoms with E-state index in [1.54, 1.807) is 7.11 Å². The molecule has 8 heteroatoms. The standard InChI is InChI=1S/C18H22N4O4/c1-12-20(2)18-19-10-15(13-6-8-14(25-4)9-7-13)22(18)21(12)16(11-24-3)17(23)26-5/h6-12H,1-5H3/p+1. The Morgan fingerprint density at radius 3 is 2.50 bits per heavy atom. The van der Waals surface area contributed by atoms with Crippen molar-refractivity contribution in [1.29, 1.82) is 0 Å². The second-order valence-electron chi connectivity index (χ2n) is 5.92. The molecule has 1 aromatic carbocycles. The SMILES string of the molecule is COC=C(C(=O)OC)N1C(C)N(C)C2=NC=C(c3ccc(OC)cc3)[NH+]21. The molecule has 2 unspecified atom stereocenters. The molecule has 0 saturated carbocycles. The maximum absolute atomic E-state index is 12.3. The zero-order valence-corrected chi connectivity index (χ0v) is 15.5. The molecule has 2 aliphatic heterocycles. The van der Waals surface area contributed by atoms with E-state index in [0.29, 0.717) is 5.70 Å². The maximum atomic E-state index is 12.3. The number of methoxy groups -OCH3 is 3. The molecule has 0 aromatic heterocycles. The van der Waals surface area contributed by atoms with Crippen molar-refractivity contribution in [2.45, 2.75) is 13.1 Å². The first-order valence-electron chi connectivity index (χ1n) is 8.17. The third kappa shape index (κ3) is 2.78. The Hall–Kier alpha value is -3.00. The number of rotatable bonds is 5. The van der Waals surface area contributed by atoms with Crippen molar-refractivity contribution in [3.8, 4) is 5.75 Å². The van der Waals surface area contributed by atoms with Gasteiger partial charge in [0.2, 0.25) is 5.70 Å². The lowest BCUT2D eigenvalue weighted by atomic mass is 10.1. The number of esters is 1. The summed E-state index contributed by atoms with van der Waals surface area (Å²) in [5.74, 6) is 1.11. The monoisotopic (exact) mass is 359 g/mol. The minimum atomic E-state index is -0.471. The number of nitrogens with one attached hydrogen (secondary N) is 1. The first kappa shape index (κ1) is 17.8. The van der Waals surface area contributed by atoms with Gasteiger partial charge >= 0.3 is 11.9 Å². The van der Waals surface area contributed by atoms with Crippen molar-refractivity contribution in [1.82, 2.24) is 9.91 Å². The van der Waals surface area contributed by atoms with Crippen LogP contribution in [0.4, 0.5) is 0 Å². The van der Waals surface area contributed by atoms with Gasteiger partial charge in [0.1, 0.15) is 12.0 Å². The Kier molecular flexibility index (Phi) is 4.85. The minimum absolute atomic E-state index is 0.119. The number of quaternary nitrogens is 1. The fraction of sp³-hybridized carbons (Fsp3) is 0.333. The molecule has 2 atom stereocenters. The van der Waals surface area contributed by atoms with Crippen LogP contribution in [0.15, 0.2) is 47.4 Å². The smallest absolute Gasteiger partial charge is 0.362 e. The van der Waals surface area contributed by atoms with Crippen molar-refractivity contribution in [2.24, 2.45) is 4.99 Å². The van der Waals surface area contributed by atoms with E-state index in [0.717, 1.165) is 28.0 Å². The van der Waals surface area contributed by atoms with E-state index in [1.165, 1.54) is 20.5 Å². The number of hydrogen-bond acceptors (Lipinski definition) is 7. The van der Waals surface area contributed by atoms with Gasteiger partial charge in [0.25, 0.3) is 0 Å². The molecular weight excluding hydrogens is 336 g/mol. The third-order valence-corrected chi connectivity index (χ3v) is 4.58. The molecule has 0 spiro atoms. The van der Waals surface area contributed by atoms with Gasteiger partial charge in [0, 0.05) is 12.6 Å². The van der Waals surface area contributed by atoms with Crippen molar-refractivity contribution in [2.75, 3.05) is 28.4 Å². The lowest BCUT2D eigenvalue weighted by molar-refractivity contribution is -0.850. The number of guanidine groups is 1. The van der Waals surface area contributed by atoms with E-state index in [4.69, 9.17) is 14.2 Å². The van der Waals surface area contributed by atoms with Crippen LogP contribution in [-0.2, 0) is 14.3 Å². The highest BCUT2D eigenvalue weighted by Gasteiger charge is 2.51. The highest BCUT2D eigenvalue weighted by atomic mass is 16.5. The Morgan fingerprint density at radius 1 is 1.23 bits per heavy atom. The third-order valence-electron chi connectivity index (χ3n) is 4.58. The lowest BCUT2D eigenvalue weighted by Crippen LogP contribution is -3.15. The fourth-order valence-electron chi connectivity index (χ4n) is 3.12. The second kappa shape index (κ2) is 7.09. The van der Waals surface area contributed by atoms with Crippen molar-refractivity contribution in [3.05, 3.63) is 48.0 Å². The zero-order valence-electron chi connectivity index (χ0n) is 15.5. The van der Waals surface area contributed by atoms with E-state index in [1.807, 2.05) is 54.3 Å². The molecule has 0 aliphatic carbocycles. The van der Waals surface area contributed by atoms with Crippen LogP contribution in [0.25, 0.3) is 5.70 Å². The molecule has 26 heavy (non-hydrogen) atoms. The van der Waals surface area contributed by atoms with Crippen LogP contribution in [-0.4, -0.2) is 56.4 Å². The summed E-state index contributed by atoms with van der Waals surface area (Å²) in [4.78, 5) is 18.9. The molecule has 1 saturated heterocycles. The average molecular weight is 359 g/mol. The number of nitrogens with zero attached hydrogens (tertiary/aromatic N) is 3. The molecule has 1 aromatic rings. The summed E-state index contributed by atoms with van der Waals surface area (Å²) in [5, 5.41) is 2.73. The summed E-state index contributed by atoms with van der Waals surface area (Å²) in [6.07, 6.45) is 3.09. The fourth-order valence-corrected chi connectivity index (χ4v) is 3.12. The second-order valence-corrected chi connectivity index (χ2v) is 5.92. The van der Waals surface area contributed by atoms with E-state index in [-0.39, 0.29) is 6.17 Å². The van der Waals surface area contributed by atoms with Crippen LogP contribution in [0.1, 0.15) is 12.5 Å². The summed E-state index contributed by atoms with van der Waals surface area (Å²) in [6.45, 7) is 1.99. The van der Waals surface area contributed by atoms with Gasteiger partial charge in [-0.3, -0.25) is 4.90 Å². The van der Waals surface area contributed by atoms with Crippen LogP contribution in [0, 0.1) is 0 Å². The number of benzene rings is 1. The lowest BCUT2D eigenvalue weighted by Gasteiger charge is -2.27. The number of hydrogen-bond donors (Lipinski definition) is 1. The van der Waals surface area contributed by atoms with Gasteiger partial charge in [-0.05, 0) is 31.2 Å². The summed E-state index contributed by atoms with van der Waals surface area (Å²) in [7, 11) is 6.43. The molecule has 8 nitrogen and oxygen atoms in total. The molecule has 2 heterocycles. The maximum Gasteiger partial charge on any atom is 0.362 e. The zero-order chi connectivity index (χ0) is 18.8. The van der Waals surface area contributed by atoms with Gasteiger partial charge in [-0.1, -0.05) is 0 Å². The summed E-state index contributed by atoms with van der Waals surface area (Å²) >= 11 is 0. The van der Waals surface area contributed by atoms with Gasteiger partial charge in [-0.2, -0.15) is 10.0 Å². The van der Waals surface area contributed by atoms with Gasteiger partial charge in [0.05, 0.1) is 27.5 Å². The molecular formula is C18H23N4O4+. The van der Waals surface area contributed by atoms with Crippen molar-refractivity contribution >= 4 is 17.6 Å². The van der Waals surface area contributed by atoms with E-state index in [2.05, 4.69) is 4.99 Å². The molecule has 1 fully saturated rings. The number of carbonyl (C=O) groups excluding carboxylic acids is 1. The molecule has 0 radical (unpaired) electrons. The first-order chi connectivity index (χ1) is 12.5. The topological polar surface area (TPSA) is 68.0 Å². The number of aliphatic imine (C=N–C) groups is 1. The highest BCUT2D eigenvalue weighted by molar-refractivity contribution is 5.89. The number of ether oxygens (including phenoxy) is 3. The molecule has 138 valence electrons. The molecule has 0 amide bonds. The van der Waals surface area contributed by atoms with Gasteiger partial charge in [-0.15, -0.1) is 5.01 Å². The van der Waals surface area contributed by atoms with Crippen LogP contribution in [0.5, 0.6) is 5.75 Å². The van der Waals surface area contributed by atoms with Gasteiger partial charge in [0.15, 0.2) is 11.9 Å². The van der Waals surface area contributed by atoms with Gasteiger partial charge < -0.3 is 14.2 Å². The van der Waals surface area contributed by atoms with Crippen molar-refractivity contribution < 1.29 is 24.0 Å². The average Bonchev–Trinajstić information content (AvgIpc) is 3.19.